The Kier molecular flexibility index (Phi) is 3.63. The van der Waals surface area contributed by atoms with Crippen LogP contribution in [0.4, 0.5) is 13.2 Å². The van der Waals surface area contributed by atoms with E-state index in [1.54, 1.807) is 13.8 Å². The summed E-state index contributed by atoms with van der Waals surface area (Å²) in [6, 6.07) is 3.65. The topological polar surface area (TPSA) is 20.2 Å². The highest BCUT2D eigenvalue weighted by Gasteiger charge is 2.38. The summed E-state index contributed by atoms with van der Waals surface area (Å²) in [6.45, 7) is 5.42. The van der Waals surface area contributed by atoms with Crippen molar-refractivity contribution in [1.29, 1.82) is 0 Å². The van der Waals surface area contributed by atoms with E-state index in [0.29, 0.717) is 5.56 Å². The van der Waals surface area contributed by atoms with Crippen LogP contribution in [-0.2, 0) is 6.42 Å². The van der Waals surface area contributed by atoms with Crippen molar-refractivity contribution in [1.82, 2.24) is 0 Å². The third-order valence-corrected chi connectivity index (χ3v) is 2.62. The molecule has 0 saturated heterocycles. The summed E-state index contributed by atoms with van der Waals surface area (Å²) in [4.78, 5) is 0. The number of aliphatic hydroxyl groups excluding tert-OH is 1. The van der Waals surface area contributed by atoms with Crippen molar-refractivity contribution in [2.24, 2.45) is 0 Å². The van der Waals surface area contributed by atoms with Gasteiger partial charge in [-0.2, -0.15) is 13.2 Å². The molecule has 1 rings (SSSR count). The van der Waals surface area contributed by atoms with Crippen molar-refractivity contribution in [2.75, 3.05) is 0 Å². The molecule has 0 saturated carbocycles. The summed E-state index contributed by atoms with van der Waals surface area (Å²) < 4.78 is 36.7. The number of aliphatic hydroxyl groups is 1. The molecular weight excluding hydrogens is 217 g/mol. The largest absolute Gasteiger partial charge is 0.414 e. The minimum absolute atomic E-state index is 0.374. The Hall–Kier alpha value is -1.03. The van der Waals surface area contributed by atoms with E-state index in [2.05, 4.69) is 0 Å². The van der Waals surface area contributed by atoms with Crippen LogP contribution >= 0.6 is 0 Å². The molecule has 16 heavy (non-hydrogen) atoms. The van der Waals surface area contributed by atoms with Crippen molar-refractivity contribution in [2.45, 2.75) is 39.5 Å². The number of hydrogen-bond acceptors (Lipinski definition) is 1. The fraction of sp³-hybridized carbons (Fsp3) is 0.500. The van der Waals surface area contributed by atoms with Crippen molar-refractivity contribution in [3.8, 4) is 0 Å². The standard InChI is InChI=1S/C12H15F3O/c1-7-4-8(2)10(9(3)5-7)6-11(16)12(13,14)15/h4-5,11,16H,6H2,1-3H3. The highest BCUT2D eigenvalue weighted by Crippen LogP contribution is 2.26. The van der Waals surface area contributed by atoms with Crippen LogP contribution < -0.4 is 0 Å². The lowest BCUT2D eigenvalue weighted by atomic mass is 9.95. The van der Waals surface area contributed by atoms with Crippen molar-refractivity contribution in [3.63, 3.8) is 0 Å². The Balaban J connectivity index is 2.98. The van der Waals surface area contributed by atoms with Crippen molar-refractivity contribution >= 4 is 0 Å². The van der Waals surface area contributed by atoms with Gasteiger partial charge >= 0.3 is 6.18 Å². The second-order valence-electron chi connectivity index (χ2n) is 4.14. The van der Waals surface area contributed by atoms with Gasteiger partial charge in [-0.3, -0.25) is 0 Å². The van der Waals surface area contributed by atoms with E-state index < -0.39 is 12.3 Å². The Morgan fingerprint density at radius 2 is 1.56 bits per heavy atom. The van der Waals surface area contributed by atoms with Gasteiger partial charge in [0.15, 0.2) is 6.10 Å². The molecule has 1 atom stereocenters. The molecule has 0 aliphatic carbocycles. The first-order chi connectivity index (χ1) is 7.21. The van der Waals surface area contributed by atoms with Gasteiger partial charge in [0, 0.05) is 6.42 Å². The molecule has 0 spiro atoms. The second kappa shape index (κ2) is 4.45. The molecule has 4 heteroatoms. The van der Waals surface area contributed by atoms with E-state index in [1.165, 1.54) is 0 Å². The van der Waals surface area contributed by atoms with E-state index in [9.17, 15) is 13.2 Å². The maximum atomic E-state index is 12.2. The fourth-order valence-corrected chi connectivity index (χ4v) is 1.84. The van der Waals surface area contributed by atoms with E-state index >= 15 is 0 Å². The average molecular weight is 232 g/mol. The van der Waals surface area contributed by atoms with Gasteiger partial charge in [-0.05, 0) is 37.5 Å². The summed E-state index contributed by atoms with van der Waals surface area (Å²) in [6.07, 6.45) is -7.21. The Morgan fingerprint density at radius 1 is 1.12 bits per heavy atom. The van der Waals surface area contributed by atoms with Crippen molar-refractivity contribution < 1.29 is 18.3 Å². The van der Waals surface area contributed by atoms with Crippen LogP contribution in [0.2, 0.25) is 0 Å². The number of rotatable bonds is 2. The van der Waals surface area contributed by atoms with Crippen LogP contribution in [0.25, 0.3) is 0 Å². The highest BCUT2D eigenvalue weighted by atomic mass is 19.4. The van der Waals surface area contributed by atoms with Crippen LogP contribution in [-0.4, -0.2) is 17.4 Å². The lowest BCUT2D eigenvalue weighted by Gasteiger charge is -2.17. The molecule has 0 bridgehead atoms. The Bertz CT molecular complexity index is 359. The number of benzene rings is 1. The lowest BCUT2D eigenvalue weighted by Crippen LogP contribution is -2.31. The molecule has 0 aliphatic rings. The number of hydrogen-bond donors (Lipinski definition) is 1. The molecule has 1 N–H and O–H groups in total. The van der Waals surface area contributed by atoms with Gasteiger partial charge in [-0.1, -0.05) is 17.7 Å². The third-order valence-electron chi connectivity index (χ3n) is 2.62. The maximum absolute atomic E-state index is 12.2. The predicted octanol–water partition coefficient (Wildman–Crippen LogP) is 3.08. The summed E-state index contributed by atoms with van der Waals surface area (Å²) in [5.74, 6) is 0. The normalized spacial score (nSPS) is 13.9. The van der Waals surface area contributed by atoms with E-state index in [-0.39, 0.29) is 6.42 Å². The molecule has 0 fully saturated rings. The second-order valence-corrected chi connectivity index (χ2v) is 4.14. The zero-order valence-corrected chi connectivity index (χ0v) is 9.52. The fourth-order valence-electron chi connectivity index (χ4n) is 1.84. The number of halogens is 3. The zero-order chi connectivity index (χ0) is 12.5. The van der Waals surface area contributed by atoms with Gasteiger partial charge in [0.1, 0.15) is 0 Å². The smallest absolute Gasteiger partial charge is 0.383 e. The lowest BCUT2D eigenvalue weighted by molar-refractivity contribution is -0.203. The van der Waals surface area contributed by atoms with Crippen LogP contribution in [0.15, 0.2) is 12.1 Å². The van der Waals surface area contributed by atoms with Crippen LogP contribution in [0.5, 0.6) is 0 Å². The average Bonchev–Trinajstić information content (AvgIpc) is 2.08. The third kappa shape index (κ3) is 2.98. The molecule has 1 nitrogen and oxygen atoms in total. The Morgan fingerprint density at radius 3 is 1.94 bits per heavy atom. The first-order valence-corrected chi connectivity index (χ1v) is 5.03. The SMILES string of the molecule is Cc1cc(C)c(CC(O)C(F)(F)F)c(C)c1. The van der Waals surface area contributed by atoms with Gasteiger partial charge in [0.05, 0.1) is 0 Å². The molecule has 0 aromatic heterocycles. The molecule has 0 aliphatic heterocycles. The quantitative estimate of drug-likeness (QED) is 0.830. The zero-order valence-electron chi connectivity index (χ0n) is 9.52. The number of alkyl halides is 3. The predicted molar refractivity (Wildman–Crippen MR) is 56.4 cm³/mol. The van der Waals surface area contributed by atoms with Crippen molar-refractivity contribution in [3.05, 3.63) is 34.4 Å². The van der Waals surface area contributed by atoms with Gasteiger partial charge in [-0.15, -0.1) is 0 Å². The summed E-state index contributed by atoms with van der Waals surface area (Å²) in [5.41, 5.74) is 3.18. The van der Waals surface area contributed by atoms with E-state index in [0.717, 1.165) is 16.7 Å². The van der Waals surface area contributed by atoms with E-state index in [1.807, 2.05) is 19.1 Å². The van der Waals surface area contributed by atoms with Crippen LogP contribution in [0, 0.1) is 20.8 Å². The molecule has 0 amide bonds. The Labute approximate surface area is 92.9 Å². The highest BCUT2D eigenvalue weighted by molar-refractivity contribution is 5.37. The van der Waals surface area contributed by atoms with Crippen LogP contribution in [0.3, 0.4) is 0 Å². The summed E-state index contributed by atoms with van der Waals surface area (Å²) in [5, 5.41) is 9.03. The van der Waals surface area contributed by atoms with Gasteiger partial charge < -0.3 is 5.11 Å². The van der Waals surface area contributed by atoms with E-state index in [4.69, 9.17) is 5.11 Å². The molecule has 1 aromatic carbocycles. The summed E-state index contributed by atoms with van der Waals surface area (Å²) >= 11 is 0. The minimum Gasteiger partial charge on any atom is -0.383 e. The number of aryl methyl sites for hydroxylation is 3. The molecule has 1 aromatic rings. The van der Waals surface area contributed by atoms with Crippen LogP contribution in [0.1, 0.15) is 22.3 Å². The van der Waals surface area contributed by atoms with Gasteiger partial charge in [-0.25, -0.2) is 0 Å². The first-order valence-electron chi connectivity index (χ1n) is 5.03. The monoisotopic (exact) mass is 232 g/mol. The summed E-state index contributed by atoms with van der Waals surface area (Å²) in [7, 11) is 0. The molecule has 0 radical (unpaired) electrons. The van der Waals surface area contributed by atoms with Gasteiger partial charge in [0.2, 0.25) is 0 Å². The molecule has 1 unspecified atom stereocenters. The molecule has 0 heterocycles. The van der Waals surface area contributed by atoms with Gasteiger partial charge in [0.25, 0.3) is 0 Å². The first kappa shape index (κ1) is 13.0. The minimum atomic E-state index is -4.55. The molecular formula is C12H15F3O. The molecule has 90 valence electrons. The maximum Gasteiger partial charge on any atom is 0.414 e.